The summed E-state index contributed by atoms with van der Waals surface area (Å²) < 4.78 is 12.4. The van der Waals surface area contributed by atoms with Gasteiger partial charge in [-0.2, -0.15) is 0 Å². The second-order valence-corrected chi connectivity index (χ2v) is 9.39. The molecule has 0 unspecified atom stereocenters. The summed E-state index contributed by atoms with van der Waals surface area (Å²) in [6.07, 6.45) is 3.32. The summed E-state index contributed by atoms with van der Waals surface area (Å²) in [5, 5.41) is 0. The Morgan fingerprint density at radius 3 is 2.78 bits per heavy atom. The van der Waals surface area contributed by atoms with Gasteiger partial charge in [-0.1, -0.05) is 44.9 Å². The van der Waals surface area contributed by atoms with Crippen molar-refractivity contribution in [2.45, 2.75) is 65.3 Å². The number of ether oxygens (including phenoxy) is 2. The molecule has 27 heavy (non-hydrogen) atoms. The van der Waals surface area contributed by atoms with Gasteiger partial charge in [-0.15, -0.1) is 0 Å². The van der Waals surface area contributed by atoms with Crippen molar-refractivity contribution >= 4 is 11.7 Å². The van der Waals surface area contributed by atoms with E-state index in [-0.39, 0.29) is 23.9 Å². The third kappa shape index (κ3) is 3.37. The number of carbonyl (C=O) groups is 1. The van der Waals surface area contributed by atoms with Crippen LogP contribution >= 0.6 is 0 Å². The first kappa shape index (κ1) is 18.8. The van der Waals surface area contributed by atoms with Crippen molar-refractivity contribution in [3.05, 3.63) is 29.3 Å². The fraction of sp³-hybridized carbons (Fsp3) is 0.696. The Labute approximate surface area is 163 Å². The molecule has 1 aromatic rings. The second kappa shape index (κ2) is 7.12. The first-order chi connectivity index (χ1) is 12.8. The minimum atomic E-state index is -0.421. The molecule has 0 bridgehead atoms. The lowest BCUT2D eigenvalue weighted by Gasteiger charge is -2.40. The fourth-order valence-electron chi connectivity index (χ4n) is 5.41. The van der Waals surface area contributed by atoms with E-state index < -0.39 is 6.29 Å². The number of esters is 1. The Balaban J connectivity index is 1.59. The van der Waals surface area contributed by atoms with Gasteiger partial charge in [-0.3, -0.25) is 4.79 Å². The van der Waals surface area contributed by atoms with Gasteiger partial charge in [0.2, 0.25) is 6.29 Å². The Hall–Kier alpha value is -1.55. The predicted octanol–water partition coefficient (Wildman–Crippen LogP) is 4.50. The highest BCUT2D eigenvalue weighted by molar-refractivity contribution is 5.84. The summed E-state index contributed by atoms with van der Waals surface area (Å²) in [7, 11) is 2.10. The Morgan fingerprint density at radius 2 is 2.04 bits per heavy atom. The van der Waals surface area contributed by atoms with Crippen LogP contribution in [0.1, 0.15) is 57.1 Å². The van der Waals surface area contributed by atoms with Gasteiger partial charge in [-0.05, 0) is 49.1 Å². The summed E-state index contributed by atoms with van der Waals surface area (Å²) in [4.78, 5) is 15.0. The van der Waals surface area contributed by atoms with Gasteiger partial charge in [0.25, 0.3) is 0 Å². The summed E-state index contributed by atoms with van der Waals surface area (Å²) in [5.74, 6) is 1.58. The molecule has 1 saturated carbocycles. The lowest BCUT2D eigenvalue weighted by atomic mass is 9.75. The van der Waals surface area contributed by atoms with Gasteiger partial charge in [0.05, 0.1) is 17.9 Å². The summed E-state index contributed by atoms with van der Waals surface area (Å²) in [6.45, 7) is 9.76. The Morgan fingerprint density at radius 1 is 1.26 bits per heavy atom. The molecule has 6 atom stereocenters. The second-order valence-electron chi connectivity index (χ2n) is 9.39. The molecule has 0 N–H and O–H groups in total. The maximum absolute atomic E-state index is 12.8. The molecule has 1 aliphatic carbocycles. The van der Waals surface area contributed by atoms with E-state index in [1.54, 1.807) is 0 Å². The lowest BCUT2D eigenvalue weighted by Crippen LogP contribution is -2.43. The van der Waals surface area contributed by atoms with E-state index in [0.717, 1.165) is 24.2 Å². The quantitative estimate of drug-likeness (QED) is 0.733. The number of cyclic esters (lactones) is 1. The van der Waals surface area contributed by atoms with Gasteiger partial charge in [0, 0.05) is 19.3 Å². The molecule has 0 radical (unpaired) electrons. The molecule has 1 aromatic carbocycles. The molecule has 0 aromatic heterocycles. The minimum absolute atomic E-state index is 0.0712. The number of hydrogen-bond acceptors (Lipinski definition) is 4. The van der Waals surface area contributed by atoms with Crippen LogP contribution in [0.2, 0.25) is 0 Å². The number of fused-ring (bicyclic) bond motifs is 3. The smallest absolute Gasteiger partial charge is 0.316 e. The molecule has 2 heterocycles. The molecule has 4 rings (SSSR count). The third-order valence-electron chi connectivity index (χ3n) is 6.95. The van der Waals surface area contributed by atoms with E-state index in [9.17, 15) is 4.79 Å². The maximum atomic E-state index is 12.8. The van der Waals surface area contributed by atoms with Crippen LogP contribution in [0.5, 0.6) is 0 Å². The average molecular weight is 372 g/mol. The SMILES string of the molecule is Cc1ccc2c(c1)[C@H]1C(=O)O[C@@H](O[C@@H]3C[C@H](C)CC[C@H]3C(C)C)[C@H]1CN2C. The molecule has 0 spiro atoms. The number of aryl methyl sites for hydroxylation is 1. The normalized spacial score (nSPS) is 35.8. The largest absolute Gasteiger partial charge is 0.435 e. The molecule has 4 heteroatoms. The molecule has 3 aliphatic rings. The van der Waals surface area contributed by atoms with Crippen LogP contribution in [0, 0.1) is 30.6 Å². The van der Waals surface area contributed by atoms with Crippen LogP contribution in [0.25, 0.3) is 0 Å². The van der Waals surface area contributed by atoms with E-state index in [1.165, 1.54) is 18.4 Å². The highest BCUT2D eigenvalue weighted by Gasteiger charge is 2.51. The minimum Gasteiger partial charge on any atom is -0.435 e. The molecular weight excluding hydrogens is 338 g/mol. The van der Waals surface area contributed by atoms with Crippen LogP contribution in [0.3, 0.4) is 0 Å². The first-order valence-electron chi connectivity index (χ1n) is 10.5. The zero-order valence-electron chi connectivity index (χ0n) is 17.3. The van der Waals surface area contributed by atoms with Crippen molar-refractivity contribution in [3.8, 4) is 0 Å². The van der Waals surface area contributed by atoms with Crippen molar-refractivity contribution in [2.75, 3.05) is 18.5 Å². The number of benzene rings is 1. The molecule has 4 nitrogen and oxygen atoms in total. The number of carbonyl (C=O) groups excluding carboxylic acids is 1. The van der Waals surface area contributed by atoms with Crippen molar-refractivity contribution in [1.29, 1.82) is 0 Å². The van der Waals surface area contributed by atoms with Crippen LogP contribution in [0.15, 0.2) is 18.2 Å². The van der Waals surface area contributed by atoms with E-state index in [4.69, 9.17) is 9.47 Å². The summed E-state index contributed by atoms with van der Waals surface area (Å²) >= 11 is 0. The van der Waals surface area contributed by atoms with E-state index in [0.29, 0.717) is 17.8 Å². The van der Waals surface area contributed by atoms with Gasteiger partial charge < -0.3 is 14.4 Å². The molecular formula is C23H33NO3. The number of hydrogen-bond donors (Lipinski definition) is 0. The van der Waals surface area contributed by atoms with Crippen LogP contribution in [-0.4, -0.2) is 32.0 Å². The van der Waals surface area contributed by atoms with Crippen LogP contribution < -0.4 is 4.90 Å². The monoisotopic (exact) mass is 371 g/mol. The summed E-state index contributed by atoms with van der Waals surface area (Å²) in [5.41, 5.74) is 3.43. The number of nitrogens with zero attached hydrogens (tertiary/aromatic N) is 1. The van der Waals surface area contributed by atoms with Crippen LogP contribution in [0.4, 0.5) is 5.69 Å². The third-order valence-corrected chi connectivity index (χ3v) is 6.95. The zero-order valence-corrected chi connectivity index (χ0v) is 17.3. The molecule has 0 amide bonds. The Bertz CT molecular complexity index is 716. The Kier molecular flexibility index (Phi) is 4.96. The van der Waals surface area contributed by atoms with Gasteiger partial charge in [0.15, 0.2) is 0 Å². The van der Waals surface area contributed by atoms with E-state index in [2.05, 4.69) is 57.8 Å². The topological polar surface area (TPSA) is 38.8 Å². The van der Waals surface area contributed by atoms with Crippen molar-refractivity contribution < 1.29 is 14.3 Å². The lowest BCUT2D eigenvalue weighted by molar-refractivity contribution is -0.195. The zero-order chi connectivity index (χ0) is 19.3. The van der Waals surface area contributed by atoms with Crippen molar-refractivity contribution in [1.82, 2.24) is 0 Å². The van der Waals surface area contributed by atoms with Crippen molar-refractivity contribution in [3.63, 3.8) is 0 Å². The number of anilines is 1. The van der Waals surface area contributed by atoms with Gasteiger partial charge in [0.1, 0.15) is 0 Å². The summed E-state index contributed by atoms with van der Waals surface area (Å²) in [6, 6.07) is 6.38. The van der Waals surface area contributed by atoms with Crippen molar-refractivity contribution in [2.24, 2.45) is 23.7 Å². The highest BCUT2D eigenvalue weighted by Crippen LogP contribution is 2.47. The van der Waals surface area contributed by atoms with E-state index in [1.807, 2.05) is 0 Å². The molecule has 2 aliphatic heterocycles. The van der Waals surface area contributed by atoms with E-state index >= 15 is 0 Å². The van der Waals surface area contributed by atoms with Gasteiger partial charge in [-0.25, -0.2) is 0 Å². The highest BCUT2D eigenvalue weighted by atomic mass is 16.7. The average Bonchev–Trinajstić information content (AvgIpc) is 2.90. The first-order valence-corrected chi connectivity index (χ1v) is 10.5. The van der Waals surface area contributed by atoms with Gasteiger partial charge >= 0.3 is 5.97 Å². The molecule has 1 saturated heterocycles. The molecule has 2 fully saturated rings. The fourth-order valence-corrected chi connectivity index (χ4v) is 5.41. The number of rotatable bonds is 3. The molecule has 148 valence electrons. The van der Waals surface area contributed by atoms with Crippen LogP contribution in [-0.2, 0) is 14.3 Å². The predicted molar refractivity (Wildman–Crippen MR) is 107 cm³/mol. The maximum Gasteiger partial charge on any atom is 0.316 e. The standard InChI is InChI=1S/C23H33NO3/c1-13(2)16-8-6-15(4)11-20(16)26-23-18-12-24(5)19-9-7-14(3)10-17(19)21(18)22(25)27-23/h7,9-10,13,15-16,18,20-21,23H,6,8,11-12H2,1-5H3/t15-,16+,18+,20-,21-,23-/m1/s1.